The van der Waals surface area contributed by atoms with Gasteiger partial charge in [-0.2, -0.15) is 5.10 Å². The van der Waals surface area contributed by atoms with Crippen LogP contribution in [0.4, 0.5) is 0 Å². The third kappa shape index (κ3) is 2.79. The van der Waals surface area contributed by atoms with Crippen LogP contribution in [0, 0.1) is 13.8 Å². The quantitative estimate of drug-likeness (QED) is 0.719. The van der Waals surface area contributed by atoms with Crippen molar-refractivity contribution in [3.8, 4) is 0 Å². The first-order chi connectivity index (χ1) is 7.06. The summed E-state index contributed by atoms with van der Waals surface area (Å²) in [5.41, 5.74) is 3.08. The number of nitrogens with one attached hydrogen (secondary N) is 2. The van der Waals surface area contributed by atoms with Crippen LogP contribution in [-0.2, 0) is 16.1 Å². The zero-order chi connectivity index (χ0) is 11.4. The molecule has 0 radical (unpaired) electrons. The maximum absolute atomic E-state index is 11.1. The van der Waals surface area contributed by atoms with Crippen LogP contribution in [0.2, 0.25) is 0 Å². The smallest absolute Gasteiger partial charge is 0.322 e. The normalized spacial score (nSPS) is 12.5. The molecular weight excluding hydrogens is 194 g/mol. The van der Waals surface area contributed by atoms with Crippen LogP contribution in [0.15, 0.2) is 0 Å². The fourth-order valence-corrected chi connectivity index (χ4v) is 1.35. The van der Waals surface area contributed by atoms with Crippen molar-refractivity contribution in [1.29, 1.82) is 0 Å². The lowest BCUT2D eigenvalue weighted by Gasteiger charge is -2.11. The molecule has 1 aromatic heterocycles. The Morgan fingerprint density at radius 2 is 2.27 bits per heavy atom. The lowest BCUT2D eigenvalue weighted by atomic mass is 10.2. The summed E-state index contributed by atoms with van der Waals surface area (Å²) < 4.78 is 4.62. The summed E-state index contributed by atoms with van der Waals surface area (Å²) in [6.07, 6.45) is 0. The van der Waals surface area contributed by atoms with Crippen LogP contribution in [0.1, 0.15) is 23.9 Å². The zero-order valence-electron chi connectivity index (χ0n) is 9.55. The number of H-pyrrole nitrogens is 1. The third-order valence-corrected chi connectivity index (χ3v) is 2.42. The highest BCUT2D eigenvalue weighted by Gasteiger charge is 2.13. The second-order valence-electron chi connectivity index (χ2n) is 3.54. The van der Waals surface area contributed by atoms with Crippen LogP contribution in [0.25, 0.3) is 0 Å². The number of rotatable bonds is 4. The molecule has 2 N–H and O–H groups in total. The van der Waals surface area contributed by atoms with Gasteiger partial charge in [0.1, 0.15) is 6.04 Å². The Morgan fingerprint density at radius 3 is 2.73 bits per heavy atom. The Balaban J connectivity index is 2.54. The van der Waals surface area contributed by atoms with Gasteiger partial charge in [0.2, 0.25) is 0 Å². The van der Waals surface area contributed by atoms with Gasteiger partial charge >= 0.3 is 5.97 Å². The first-order valence-corrected chi connectivity index (χ1v) is 4.88. The van der Waals surface area contributed by atoms with E-state index in [4.69, 9.17) is 0 Å². The molecule has 0 fully saturated rings. The van der Waals surface area contributed by atoms with E-state index in [2.05, 4.69) is 20.3 Å². The van der Waals surface area contributed by atoms with Gasteiger partial charge in [0.25, 0.3) is 0 Å². The van der Waals surface area contributed by atoms with E-state index in [1.54, 1.807) is 6.92 Å². The number of aryl methyl sites for hydroxylation is 2. The van der Waals surface area contributed by atoms with Crippen LogP contribution < -0.4 is 5.32 Å². The molecule has 1 unspecified atom stereocenters. The number of esters is 1. The third-order valence-electron chi connectivity index (χ3n) is 2.42. The van der Waals surface area contributed by atoms with E-state index in [1.807, 2.05) is 13.8 Å². The average Bonchev–Trinajstić information content (AvgIpc) is 2.54. The molecule has 1 aromatic rings. The van der Waals surface area contributed by atoms with Gasteiger partial charge in [-0.3, -0.25) is 9.89 Å². The molecule has 1 rings (SSSR count). The molecule has 0 bridgehead atoms. The summed E-state index contributed by atoms with van der Waals surface area (Å²) in [6.45, 7) is 6.28. The molecule has 5 nitrogen and oxygen atoms in total. The molecule has 0 aromatic carbocycles. The molecule has 0 aliphatic heterocycles. The van der Waals surface area contributed by atoms with Gasteiger partial charge in [0.05, 0.1) is 12.8 Å². The number of carbonyl (C=O) groups is 1. The van der Waals surface area contributed by atoms with E-state index < -0.39 is 0 Å². The van der Waals surface area contributed by atoms with E-state index in [-0.39, 0.29) is 12.0 Å². The van der Waals surface area contributed by atoms with Gasteiger partial charge in [0, 0.05) is 17.8 Å². The van der Waals surface area contributed by atoms with Crippen molar-refractivity contribution < 1.29 is 9.53 Å². The lowest BCUT2D eigenvalue weighted by Crippen LogP contribution is -2.34. The monoisotopic (exact) mass is 211 g/mol. The summed E-state index contributed by atoms with van der Waals surface area (Å²) in [5.74, 6) is -0.256. The molecule has 0 saturated carbocycles. The first-order valence-electron chi connectivity index (χ1n) is 4.88. The van der Waals surface area contributed by atoms with Gasteiger partial charge in [-0.1, -0.05) is 0 Å². The van der Waals surface area contributed by atoms with Crippen LogP contribution >= 0.6 is 0 Å². The maximum atomic E-state index is 11.1. The number of aromatic nitrogens is 2. The highest BCUT2D eigenvalue weighted by atomic mass is 16.5. The number of methoxy groups -OCH3 is 1. The molecule has 0 spiro atoms. The number of hydrogen-bond donors (Lipinski definition) is 2. The topological polar surface area (TPSA) is 67.0 Å². The highest BCUT2D eigenvalue weighted by Crippen LogP contribution is 2.08. The number of aromatic amines is 1. The molecule has 0 amide bonds. The molecule has 84 valence electrons. The van der Waals surface area contributed by atoms with Gasteiger partial charge in [-0.05, 0) is 20.8 Å². The largest absolute Gasteiger partial charge is 0.468 e. The minimum absolute atomic E-state index is 0.256. The van der Waals surface area contributed by atoms with Crippen LogP contribution in [-0.4, -0.2) is 29.3 Å². The van der Waals surface area contributed by atoms with E-state index in [9.17, 15) is 4.79 Å². The van der Waals surface area contributed by atoms with Gasteiger partial charge in [-0.25, -0.2) is 0 Å². The van der Waals surface area contributed by atoms with Crippen molar-refractivity contribution in [2.75, 3.05) is 7.11 Å². The van der Waals surface area contributed by atoms with Gasteiger partial charge in [0.15, 0.2) is 0 Å². The Bertz CT molecular complexity index is 327. The molecule has 5 heteroatoms. The number of hydrogen-bond acceptors (Lipinski definition) is 4. The highest BCUT2D eigenvalue weighted by molar-refractivity contribution is 5.75. The van der Waals surface area contributed by atoms with Gasteiger partial charge in [-0.15, -0.1) is 0 Å². The summed E-state index contributed by atoms with van der Waals surface area (Å²) >= 11 is 0. The van der Waals surface area contributed by atoms with Crippen molar-refractivity contribution in [3.63, 3.8) is 0 Å². The van der Waals surface area contributed by atoms with Crippen molar-refractivity contribution in [1.82, 2.24) is 15.5 Å². The van der Waals surface area contributed by atoms with E-state index in [0.717, 1.165) is 17.0 Å². The minimum Gasteiger partial charge on any atom is -0.468 e. The fraction of sp³-hybridized carbons (Fsp3) is 0.600. The second kappa shape index (κ2) is 4.93. The van der Waals surface area contributed by atoms with Crippen molar-refractivity contribution in [3.05, 3.63) is 17.0 Å². The Kier molecular flexibility index (Phi) is 3.85. The molecule has 0 aliphatic carbocycles. The van der Waals surface area contributed by atoms with E-state index >= 15 is 0 Å². The molecular formula is C10H17N3O2. The van der Waals surface area contributed by atoms with E-state index in [0.29, 0.717) is 6.54 Å². The summed E-state index contributed by atoms with van der Waals surface area (Å²) in [6, 6.07) is -0.302. The molecule has 15 heavy (non-hydrogen) atoms. The molecule has 0 saturated heterocycles. The molecule has 1 atom stereocenters. The SMILES string of the molecule is COC(=O)C(C)NCc1c(C)n[nH]c1C. The van der Waals surface area contributed by atoms with Crippen LogP contribution in [0.3, 0.4) is 0 Å². The van der Waals surface area contributed by atoms with Crippen molar-refractivity contribution in [2.24, 2.45) is 0 Å². The average molecular weight is 211 g/mol. The van der Waals surface area contributed by atoms with E-state index in [1.165, 1.54) is 7.11 Å². The Morgan fingerprint density at radius 1 is 1.60 bits per heavy atom. The standard InChI is InChI=1S/C10H17N3O2/c1-6-9(7(2)13-12-6)5-11-8(3)10(14)15-4/h8,11H,5H2,1-4H3,(H,12,13). The number of nitrogens with zero attached hydrogens (tertiary/aromatic N) is 1. The minimum atomic E-state index is -0.302. The summed E-state index contributed by atoms with van der Waals surface area (Å²) in [7, 11) is 1.38. The predicted octanol–water partition coefficient (Wildman–Crippen LogP) is 0.678. The summed E-state index contributed by atoms with van der Waals surface area (Å²) in [4.78, 5) is 11.1. The van der Waals surface area contributed by atoms with Crippen LogP contribution in [0.5, 0.6) is 0 Å². The number of ether oxygens (including phenoxy) is 1. The Labute approximate surface area is 89.2 Å². The van der Waals surface area contributed by atoms with Crippen molar-refractivity contribution >= 4 is 5.97 Å². The lowest BCUT2D eigenvalue weighted by molar-refractivity contribution is -0.142. The Hall–Kier alpha value is -1.36. The fourth-order valence-electron chi connectivity index (χ4n) is 1.35. The zero-order valence-corrected chi connectivity index (χ0v) is 9.55. The molecule has 1 heterocycles. The van der Waals surface area contributed by atoms with Crippen molar-refractivity contribution in [2.45, 2.75) is 33.4 Å². The molecule has 0 aliphatic rings. The second-order valence-corrected chi connectivity index (χ2v) is 3.54. The van der Waals surface area contributed by atoms with Gasteiger partial charge < -0.3 is 10.1 Å². The summed E-state index contributed by atoms with van der Waals surface area (Å²) in [5, 5.41) is 10.1. The number of carbonyl (C=O) groups excluding carboxylic acids is 1. The predicted molar refractivity (Wildman–Crippen MR) is 56.4 cm³/mol. The first kappa shape index (κ1) is 11.7. The maximum Gasteiger partial charge on any atom is 0.322 e.